The van der Waals surface area contributed by atoms with E-state index in [0.717, 1.165) is 23.2 Å². The zero-order chi connectivity index (χ0) is 19.5. The van der Waals surface area contributed by atoms with Crippen LogP contribution >= 0.6 is 0 Å². The molecule has 0 saturated heterocycles. The van der Waals surface area contributed by atoms with E-state index in [-0.39, 0.29) is 0 Å². The summed E-state index contributed by atoms with van der Waals surface area (Å²) in [6, 6.07) is 13.7. The molecule has 7 heteroatoms. The first-order valence-electron chi connectivity index (χ1n) is 7.77. The number of aliphatic hydroxyl groups is 1. The topological polar surface area (TPSA) is 111 Å². The van der Waals surface area contributed by atoms with E-state index in [9.17, 15) is 5.11 Å². The van der Waals surface area contributed by atoms with Gasteiger partial charge in [-0.25, -0.2) is 9.59 Å². The Hall–Kier alpha value is -3.03. The minimum Gasteiger partial charge on any atom is -0.473 e. The molecule has 1 atom stereocenters. The second kappa shape index (κ2) is 10.8. The summed E-state index contributed by atoms with van der Waals surface area (Å²) in [6.07, 6.45) is 4.83. The van der Waals surface area contributed by atoms with Crippen molar-refractivity contribution in [1.82, 2.24) is 9.88 Å². The Labute approximate surface area is 151 Å². The lowest BCUT2D eigenvalue weighted by molar-refractivity contribution is -0.159. The maximum absolute atomic E-state index is 10.6. The Kier molecular flexibility index (Phi) is 8.69. The molecule has 7 nitrogen and oxygen atoms in total. The molecule has 0 fully saturated rings. The van der Waals surface area contributed by atoms with Crippen LogP contribution < -0.4 is 0 Å². The molecule has 0 bridgehead atoms. The summed E-state index contributed by atoms with van der Waals surface area (Å²) in [5.74, 6) is -3.65. The Bertz CT molecular complexity index is 718. The maximum Gasteiger partial charge on any atom is 0.414 e. The van der Waals surface area contributed by atoms with Crippen molar-refractivity contribution in [2.24, 2.45) is 0 Å². The van der Waals surface area contributed by atoms with Gasteiger partial charge in [-0.1, -0.05) is 36.4 Å². The Morgan fingerprint density at radius 2 is 1.58 bits per heavy atom. The van der Waals surface area contributed by atoms with Gasteiger partial charge >= 0.3 is 11.9 Å². The first-order valence-corrected chi connectivity index (χ1v) is 7.77. The normalized spacial score (nSPS) is 12.1. The van der Waals surface area contributed by atoms with E-state index in [1.807, 2.05) is 56.6 Å². The van der Waals surface area contributed by atoms with Crippen molar-refractivity contribution in [2.75, 3.05) is 20.6 Å². The van der Waals surface area contributed by atoms with E-state index >= 15 is 0 Å². The number of aliphatic carboxylic acids is 2. The summed E-state index contributed by atoms with van der Waals surface area (Å²) < 4.78 is 0. The van der Waals surface area contributed by atoms with E-state index in [0.29, 0.717) is 0 Å². The molecule has 1 aromatic carbocycles. The maximum atomic E-state index is 10.6. The fourth-order valence-electron chi connectivity index (χ4n) is 2.02. The highest BCUT2D eigenvalue weighted by Gasteiger charge is 2.14. The summed E-state index contributed by atoms with van der Waals surface area (Å²) in [5, 5.41) is 25.4. The zero-order valence-corrected chi connectivity index (χ0v) is 14.6. The van der Waals surface area contributed by atoms with Crippen molar-refractivity contribution in [3.63, 3.8) is 0 Å². The van der Waals surface area contributed by atoms with Crippen LogP contribution in [0.25, 0.3) is 5.57 Å². The lowest BCUT2D eigenvalue weighted by Gasteiger charge is -2.17. The number of aromatic nitrogens is 1. The number of nitrogens with zero attached hydrogens (tertiary/aromatic N) is 2. The second-order valence-corrected chi connectivity index (χ2v) is 5.58. The molecule has 138 valence electrons. The number of carbonyl (C=O) groups is 2. The number of hydrogen-bond donors (Lipinski definition) is 3. The standard InChI is InChI=1S/C17H20N2O.C2H2O4/c1-19(2)13-10-16(14-6-4-3-5-7-14)17(20)15-8-11-18-12-9-15;3-1(4)2(5)6/h3-12,17,20H,13H2,1-2H3;(H,3,4)(H,5,6). The van der Waals surface area contributed by atoms with Gasteiger partial charge in [-0.3, -0.25) is 4.98 Å². The molecule has 2 rings (SSSR count). The molecule has 0 amide bonds. The predicted molar refractivity (Wildman–Crippen MR) is 97.4 cm³/mol. The van der Waals surface area contributed by atoms with Crippen LogP contribution in [0.3, 0.4) is 0 Å². The minimum absolute atomic E-state index is 0.639. The largest absolute Gasteiger partial charge is 0.473 e. The van der Waals surface area contributed by atoms with Gasteiger partial charge in [-0.05, 0) is 42.9 Å². The molecule has 1 unspecified atom stereocenters. The van der Waals surface area contributed by atoms with Crippen LogP contribution in [0.15, 0.2) is 60.9 Å². The number of pyridine rings is 1. The van der Waals surface area contributed by atoms with Gasteiger partial charge in [0.05, 0.1) is 0 Å². The average molecular weight is 358 g/mol. The molecular formula is C19H22N2O5. The van der Waals surface area contributed by atoms with Crippen LogP contribution in [-0.2, 0) is 9.59 Å². The summed E-state index contributed by atoms with van der Waals surface area (Å²) in [6.45, 7) is 0.784. The Balaban J connectivity index is 0.000000487. The van der Waals surface area contributed by atoms with Crippen LogP contribution in [0.2, 0.25) is 0 Å². The van der Waals surface area contributed by atoms with Gasteiger partial charge in [-0.15, -0.1) is 0 Å². The number of carboxylic acid groups (broad SMARTS) is 2. The molecule has 0 aliphatic carbocycles. The van der Waals surface area contributed by atoms with Gasteiger partial charge in [0.25, 0.3) is 0 Å². The van der Waals surface area contributed by atoms with E-state index in [2.05, 4.69) is 16.0 Å². The number of likely N-dealkylation sites (N-methyl/N-ethyl adjacent to an activating group) is 1. The van der Waals surface area contributed by atoms with Crippen LogP contribution in [-0.4, -0.2) is 57.8 Å². The van der Waals surface area contributed by atoms with Crippen molar-refractivity contribution in [3.8, 4) is 0 Å². The number of aliphatic hydroxyl groups excluding tert-OH is 1. The summed E-state index contributed by atoms with van der Waals surface area (Å²) >= 11 is 0. The Morgan fingerprint density at radius 1 is 1.04 bits per heavy atom. The molecule has 0 radical (unpaired) electrons. The van der Waals surface area contributed by atoms with E-state index in [1.165, 1.54) is 0 Å². The number of benzene rings is 1. The molecule has 0 aliphatic rings. The molecular weight excluding hydrogens is 336 g/mol. The van der Waals surface area contributed by atoms with Crippen molar-refractivity contribution in [2.45, 2.75) is 6.10 Å². The van der Waals surface area contributed by atoms with Crippen LogP contribution in [0.4, 0.5) is 0 Å². The number of hydrogen-bond acceptors (Lipinski definition) is 5. The third kappa shape index (κ3) is 7.25. The average Bonchev–Trinajstić information content (AvgIpc) is 2.63. The Morgan fingerprint density at radius 3 is 2.04 bits per heavy atom. The van der Waals surface area contributed by atoms with Crippen LogP contribution in [0, 0.1) is 0 Å². The van der Waals surface area contributed by atoms with Crippen LogP contribution in [0.5, 0.6) is 0 Å². The SMILES string of the molecule is CN(C)CC=C(c1ccccc1)C(O)c1ccncc1.O=C(O)C(=O)O. The lowest BCUT2D eigenvalue weighted by Crippen LogP contribution is -2.12. The van der Waals surface area contributed by atoms with Crippen molar-refractivity contribution >= 4 is 17.5 Å². The summed E-state index contributed by atoms with van der Waals surface area (Å²) in [4.78, 5) is 24.3. The van der Waals surface area contributed by atoms with E-state index < -0.39 is 18.0 Å². The van der Waals surface area contributed by atoms with Gasteiger partial charge in [0.1, 0.15) is 6.10 Å². The molecule has 1 aromatic heterocycles. The summed E-state index contributed by atoms with van der Waals surface area (Å²) in [7, 11) is 4.02. The molecule has 1 heterocycles. The molecule has 26 heavy (non-hydrogen) atoms. The van der Waals surface area contributed by atoms with Crippen LogP contribution in [0.1, 0.15) is 17.2 Å². The lowest BCUT2D eigenvalue weighted by atomic mass is 9.95. The van der Waals surface area contributed by atoms with Crippen molar-refractivity contribution in [1.29, 1.82) is 0 Å². The molecule has 2 aromatic rings. The number of rotatable bonds is 5. The molecule has 0 aliphatic heterocycles. The summed E-state index contributed by atoms with van der Waals surface area (Å²) in [5.41, 5.74) is 2.82. The zero-order valence-electron chi connectivity index (χ0n) is 14.6. The van der Waals surface area contributed by atoms with Gasteiger partial charge < -0.3 is 20.2 Å². The van der Waals surface area contributed by atoms with Crippen molar-refractivity contribution < 1.29 is 24.9 Å². The second-order valence-electron chi connectivity index (χ2n) is 5.58. The minimum atomic E-state index is -1.82. The van der Waals surface area contributed by atoms with Crippen molar-refractivity contribution in [3.05, 3.63) is 72.1 Å². The number of carboxylic acids is 2. The fraction of sp³-hybridized carbons (Fsp3) is 0.211. The van der Waals surface area contributed by atoms with E-state index in [4.69, 9.17) is 19.8 Å². The van der Waals surface area contributed by atoms with Gasteiger partial charge in [0.2, 0.25) is 0 Å². The van der Waals surface area contributed by atoms with E-state index in [1.54, 1.807) is 12.4 Å². The first kappa shape index (κ1) is 21.0. The fourth-order valence-corrected chi connectivity index (χ4v) is 2.02. The highest BCUT2D eigenvalue weighted by atomic mass is 16.4. The highest BCUT2D eigenvalue weighted by molar-refractivity contribution is 6.27. The first-order chi connectivity index (χ1) is 12.3. The molecule has 0 spiro atoms. The van der Waals surface area contributed by atoms with Gasteiger partial charge in [-0.2, -0.15) is 0 Å². The third-order valence-electron chi connectivity index (χ3n) is 3.28. The van der Waals surface area contributed by atoms with Gasteiger partial charge in [0.15, 0.2) is 0 Å². The smallest absolute Gasteiger partial charge is 0.414 e. The van der Waals surface area contributed by atoms with Gasteiger partial charge in [0, 0.05) is 18.9 Å². The molecule has 0 saturated carbocycles. The molecule has 3 N–H and O–H groups in total. The quantitative estimate of drug-likeness (QED) is 0.700. The third-order valence-corrected chi connectivity index (χ3v) is 3.28. The monoisotopic (exact) mass is 358 g/mol. The predicted octanol–water partition coefficient (Wildman–Crippen LogP) is 1.92. The highest BCUT2D eigenvalue weighted by Crippen LogP contribution is 2.29.